The summed E-state index contributed by atoms with van der Waals surface area (Å²) in [5.74, 6) is -0.243. The predicted molar refractivity (Wildman–Crippen MR) is 79.9 cm³/mol. The van der Waals surface area contributed by atoms with Crippen molar-refractivity contribution in [2.45, 2.75) is 39.2 Å². The molecule has 0 aliphatic carbocycles. The van der Waals surface area contributed by atoms with Gasteiger partial charge in [0, 0.05) is 26.8 Å². The Kier molecular flexibility index (Phi) is 8.30. The van der Waals surface area contributed by atoms with Gasteiger partial charge in [0.1, 0.15) is 0 Å². The average molecular weight is 300 g/mol. The number of methoxy groups -OCH3 is 1. The van der Waals surface area contributed by atoms with Crippen LogP contribution >= 0.6 is 0 Å². The number of carbonyl (C=O) groups excluding carboxylic acids is 2. The molecule has 0 saturated carbocycles. The molecule has 2 unspecified atom stereocenters. The molecule has 0 aromatic carbocycles. The van der Waals surface area contributed by atoms with E-state index in [0.717, 1.165) is 25.8 Å². The van der Waals surface area contributed by atoms with E-state index in [0.29, 0.717) is 26.3 Å². The molecule has 6 heteroatoms. The maximum absolute atomic E-state index is 12.1. The van der Waals surface area contributed by atoms with E-state index in [1.165, 1.54) is 0 Å². The number of rotatable bonds is 8. The third-order valence-corrected chi connectivity index (χ3v) is 3.82. The Morgan fingerprint density at radius 1 is 1.43 bits per heavy atom. The third kappa shape index (κ3) is 6.01. The number of nitrogens with one attached hydrogen (secondary N) is 1. The summed E-state index contributed by atoms with van der Waals surface area (Å²) in [7, 11) is 1.65. The number of ether oxygens (including phenoxy) is 2. The van der Waals surface area contributed by atoms with Gasteiger partial charge in [0.2, 0.25) is 5.91 Å². The SMILES string of the molecule is CCOC(=O)C1CCCN(C(C)C(=O)NCCCOC)C1. The van der Waals surface area contributed by atoms with Crippen molar-refractivity contribution in [3.63, 3.8) is 0 Å². The summed E-state index contributed by atoms with van der Waals surface area (Å²) in [5, 5.41) is 2.91. The Morgan fingerprint density at radius 3 is 2.86 bits per heavy atom. The highest BCUT2D eigenvalue weighted by molar-refractivity contribution is 5.81. The molecule has 1 heterocycles. The summed E-state index contributed by atoms with van der Waals surface area (Å²) in [6, 6.07) is -0.218. The molecule has 1 amide bonds. The van der Waals surface area contributed by atoms with E-state index in [1.807, 2.05) is 13.8 Å². The molecule has 21 heavy (non-hydrogen) atoms. The van der Waals surface area contributed by atoms with Crippen LogP contribution in [0.5, 0.6) is 0 Å². The van der Waals surface area contributed by atoms with Crippen molar-refractivity contribution in [3.05, 3.63) is 0 Å². The highest BCUT2D eigenvalue weighted by Crippen LogP contribution is 2.19. The molecule has 0 aromatic rings. The topological polar surface area (TPSA) is 67.9 Å². The average Bonchev–Trinajstić information content (AvgIpc) is 2.51. The Balaban J connectivity index is 2.40. The lowest BCUT2D eigenvalue weighted by molar-refractivity contribution is -0.151. The van der Waals surface area contributed by atoms with Gasteiger partial charge in [0.25, 0.3) is 0 Å². The lowest BCUT2D eigenvalue weighted by Crippen LogP contribution is -2.50. The molecule has 1 saturated heterocycles. The molecule has 0 spiro atoms. The molecule has 2 atom stereocenters. The van der Waals surface area contributed by atoms with Crippen molar-refractivity contribution >= 4 is 11.9 Å². The van der Waals surface area contributed by atoms with Crippen molar-refractivity contribution < 1.29 is 19.1 Å². The summed E-state index contributed by atoms with van der Waals surface area (Å²) in [4.78, 5) is 26.0. The Hall–Kier alpha value is -1.14. The largest absolute Gasteiger partial charge is 0.466 e. The van der Waals surface area contributed by atoms with E-state index in [4.69, 9.17) is 9.47 Å². The molecule has 6 nitrogen and oxygen atoms in total. The minimum absolute atomic E-state index is 0.00983. The maximum atomic E-state index is 12.1. The fourth-order valence-corrected chi connectivity index (χ4v) is 2.55. The van der Waals surface area contributed by atoms with Crippen LogP contribution < -0.4 is 5.32 Å². The lowest BCUT2D eigenvalue weighted by Gasteiger charge is -2.35. The number of piperidine rings is 1. The number of nitrogens with zero attached hydrogens (tertiary/aromatic N) is 1. The van der Waals surface area contributed by atoms with E-state index in [9.17, 15) is 9.59 Å². The van der Waals surface area contributed by atoms with Crippen LogP contribution in [0.4, 0.5) is 0 Å². The highest BCUT2D eigenvalue weighted by Gasteiger charge is 2.31. The van der Waals surface area contributed by atoms with E-state index in [-0.39, 0.29) is 23.8 Å². The fourth-order valence-electron chi connectivity index (χ4n) is 2.55. The number of hydrogen-bond acceptors (Lipinski definition) is 5. The summed E-state index contributed by atoms with van der Waals surface area (Å²) in [6.07, 6.45) is 2.57. The zero-order valence-corrected chi connectivity index (χ0v) is 13.4. The second-order valence-electron chi connectivity index (χ2n) is 5.40. The van der Waals surface area contributed by atoms with Crippen LogP contribution in [0, 0.1) is 5.92 Å². The number of amides is 1. The van der Waals surface area contributed by atoms with Crippen molar-refractivity contribution in [1.82, 2.24) is 10.2 Å². The molecule has 1 N–H and O–H groups in total. The molecule has 1 aliphatic heterocycles. The lowest BCUT2D eigenvalue weighted by atomic mass is 9.97. The fraction of sp³-hybridized carbons (Fsp3) is 0.867. The Bertz CT molecular complexity index is 336. The van der Waals surface area contributed by atoms with Gasteiger partial charge in [-0.2, -0.15) is 0 Å². The maximum Gasteiger partial charge on any atom is 0.310 e. The van der Waals surface area contributed by atoms with E-state index >= 15 is 0 Å². The first-order chi connectivity index (χ1) is 10.1. The third-order valence-electron chi connectivity index (χ3n) is 3.82. The van der Waals surface area contributed by atoms with Gasteiger partial charge in [-0.25, -0.2) is 0 Å². The second-order valence-corrected chi connectivity index (χ2v) is 5.40. The van der Waals surface area contributed by atoms with Gasteiger partial charge in [0.15, 0.2) is 0 Å². The van der Waals surface area contributed by atoms with Crippen molar-refractivity contribution in [2.75, 3.05) is 40.0 Å². The molecule has 122 valence electrons. The number of esters is 1. The van der Waals surface area contributed by atoms with Crippen LogP contribution in [0.1, 0.15) is 33.1 Å². The van der Waals surface area contributed by atoms with Crippen LogP contribution in [0.3, 0.4) is 0 Å². The molecule has 0 aromatic heterocycles. The van der Waals surface area contributed by atoms with Gasteiger partial charge in [-0.3, -0.25) is 14.5 Å². The zero-order valence-electron chi connectivity index (χ0n) is 13.4. The van der Waals surface area contributed by atoms with Gasteiger partial charge in [-0.05, 0) is 39.7 Å². The van der Waals surface area contributed by atoms with Gasteiger partial charge in [-0.15, -0.1) is 0 Å². The number of likely N-dealkylation sites (tertiary alicyclic amines) is 1. The Morgan fingerprint density at radius 2 is 2.19 bits per heavy atom. The molecule has 0 radical (unpaired) electrons. The smallest absolute Gasteiger partial charge is 0.310 e. The second kappa shape index (κ2) is 9.73. The molecule has 0 bridgehead atoms. The first-order valence-corrected chi connectivity index (χ1v) is 7.77. The molecule has 1 aliphatic rings. The normalized spacial score (nSPS) is 20.8. The molecule has 1 fully saturated rings. The van der Waals surface area contributed by atoms with Crippen molar-refractivity contribution in [2.24, 2.45) is 5.92 Å². The molecule has 1 rings (SSSR count). The van der Waals surface area contributed by atoms with Gasteiger partial charge >= 0.3 is 5.97 Å². The predicted octanol–water partition coefficient (Wildman–Crippen LogP) is 0.803. The minimum atomic E-state index is -0.218. The van der Waals surface area contributed by atoms with Gasteiger partial charge in [-0.1, -0.05) is 0 Å². The number of hydrogen-bond donors (Lipinski definition) is 1. The highest BCUT2D eigenvalue weighted by atomic mass is 16.5. The molecular formula is C15H28N2O4. The van der Waals surface area contributed by atoms with E-state index in [1.54, 1.807) is 7.11 Å². The molecular weight excluding hydrogens is 272 g/mol. The van der Waals surface area contributed by atoms with E-state index in [2.05, 4.69) is 10.2 Å². The van der Waals surface area contributed by atoms with Crippen molar-refractivity contribution in [1.29, 1.82) is 0 Å². The monoisotopic (exact) mass is 300 g/mol. The van der Waals surface area contributed by atoms with Crippen LogP contribution in [0.15, 0.2) is 0 Å². The van der Waals surface area contributed by atoms with E-state index < -0.39 is 0 Å². The van der Waals surface area contributed by atoms with Crippen LogP contribution in [0.25, 0.3) is 0 Å². The first-order valence-electron chi connectivity index (χ1n) is 7.77. The van der Waals surface area contributed by atoms with Gasteiger partial charge < -0.3 is 14.8 Å². The summed E-state index contributed by atoms with van der Waals surface area (Å²) in [5.41, 5.74) is 0. The zero-order chi connectivity index (χ0) is 15.7. The summed E-state index contributed by atoms with van der Waals surface area (Å²) in [6.45, 7) is 6.82. The summed E-state index contributed by atoms with van der Waals surface area (Å²) >= 11 is 0. The summed E-state index contributed by atoms with van der Waals surface area (Å²) < 4.78 is 10.0. The Labute approximate surface area is 127 Å². The van der Waals surface area contributed by atoms with Crippen LogP contribution in [-0.4, -0.2) is 62.8 Å². The van der Waals surface area contributed by atoms with Crippen LogP contribution in [0.2, 0.25) is 0 Å². The van der Waals surface area contributed by atoms with Gasteiger partial charge in [0.05, 0.1) is 18.6 Å². The quantitative estimate of drug-likeness (QED) is 0.530. The van der Waals surface area contributed by atoms with Crippen LogP contribution in [-0.2, 0) is 19.1 Å². The standard InChI is InChI=1S/C15H28N2O4/c1-4-21-15(19)13-7-5-9-17(11-13)12(2)14(18)16-8-6-10-20-3/h12-13H,4-11H2,1-3H3,(H,16,18). The first kappa shape index (κ1) is 17.9. The minimum Gasteiger partial charge on any atom is -0.466 e. The van der Waals surface area contributed by atoms with Crippen molar-refractivity contribution in [3.8, 4) is 0 Å². The number of carbonyl (C=O) groups is 2.